The Bertz CT molecular complexity index is 181. The van der Waals surface area contributed by atoms with Crippen LogP contribution in [0.3, 0.4) is 0 Å². The molecular formula is C8H13NO2. The minimum atomic E-state index is -0.667. The second-order valence-corrected chi connectivity index (χ2v) is 3.58. The van der Waals surface area contributed by atoms with Crippen molar-refractivity contribution in [2.45, 2.75) is 25.3 Å². The molecule has 0 radical (unpaired) electrons. The van der Waals surface area contributed by atoms with Gasteiger partial charge in [-0.25, -0.2) is 0 Å². The minimum Gasteiger partial charge on any atom is -0.480 e. The van der Waals surface area contributed by atoms with Gasteiger partial charge < -0.3 is 10.4 Å². The van der Waals surface area contributed by atoms with Crippen molar-refractivity contribution in [1.29, 1.82) is 0 Å². The summed E-state index contributed by atoms with van der Waals surface area (Å²) in [5, 5.41) is 11.9. The molecule has 2 rings (SSSR count). The zero-order valence-electron chi connectivity index (χ0n) is 6.42. The summed E-state index contributed by atoms with van der Waals surface area (Å²) in [5.74, 6) is 0.406. The van der Waals surface area contributed by atoms with Crippen molar-refractivity contribution in [3.63, 3.8) is 0 Å². The molecule has 1 saturated heterocycles. The van der Waals surface area contributed by atoms with E-state index in [0.717, 1.165) is 13.0 Å². The number of carboxylic acids is 1. The summed E-state index contributed by atoms with van der Waals surface area (Å²) in [5.41, 5.74) is 0. The smallest absolute Gasteiger partial charge is 0.320 e. The molecule has 0 aromatic carbocycles. The molecule has 3 atom stereocenters. The highest BCUT2D eigenvalue weighted by molar-refractivity contribution is 5.74. The number of hydrogen-bond acceptors (Lipinski definition) is 2. The van der Waals surface area contributed by atoms with Crippen molar-refractivity contribution in [2.24, 2.45) is 11.8 Å². The van der Waals surface area contributed by atoms with E-state index < -0.39 is 5.97 Å². The van der Waals surface area contributed by atoms with E-state index in [-0.39, 0.29) is 6.04 Å². The van der Waals surface area contributed by atoms with E-state index in [2.05, 4.69) is 5.32 Å². The molecule has 3 nitrogen and oxygen atoms in total. The highest BCUT2D eigenvalue weighted by Crippen LogP contribution is 2.37. The van der Waals surface area contributed by atoms with Crippen molar-refractivity contribution in [3.8, 4) is 0 Å². The fourth-order valence-electron chi connectivity index (χ4n) is 2.46. The Morgan fingerprint density at radius 2 is 2.27 bits per heavy atom. The lowest BCUT2D eigenvalue weighted by Crippen LogP contribution is -2.35. The monoisotopic (exact) mass is 155 g/mol. The highest BCUT2D eigenvalue weighted by Gasteiger charge is 2.42. The van der Waals surface area contributed by atoms with Crippen LogP contribution in [0.25, 0.3) is 0 Å². The predicted octanol–water partition coefficient (Wildman–Crippen LogP) is 0.459. The SMILES string of the molecule is O=C(O)[C@H]1NCC2CCC[C@@H]21. The van der Waals surface area contributed by atoms with E-state index in [1.54, 1.807) is 0 Å². The number of nitrogens with one attached hydrogen (secondary N) is 1. The zero-order chi connectivity index (χ0) is 7.84. The van der Waals surface area contributed by atoms with Gasteiger partial charge in [0.1, 0.15) is 6.04 Å². The van der Waals surface area contributed by atoms with Crippen LogP contribution in [-0.2, 0) is 4.79 Å². The van der Waals surface area contributed by atoms with Crippen LogP contribution in [0.15, 0.2) is 0 Å². The molecule has 1 heterocycles. The normalized spacial score (nSPS) is 42.4. The minimum absolute atomic E-state index is 0.248. The summed E-state index contributed by atoms with van der Waals surface area (Å²) in [6, 6.07) is -0.248. The average molecular weight is 155 g/mol. The maximum atomic E-state index is 10.7. The van der Waals surface area contributed by atoms with Gasteiger partial charge in [0.15, 0.2) is 0 Å². The predicted molar refractivity (Wildman–Crippen MR) is 40.3 cm³/mol. The molecule has 11 heavy (non-hydrogen) atoms. The first-order valence-corrected chi connectivity index (χ1v) is 4.25. The number of carbonyl (C=O) groups is 1. The molecule has 1 unspecified atom stereocenters. The van der Waals surface area contributed by atoms with Gasteiger partial charge >= 0.3 is 5.97 Å². The Labute approximate surface area is 65.8 Å². The summed E-state index contributed by atoms with van der Waals surface area (Å²) in [6.45, 7) is 0.918. The number of hydrogen-bond donors (Lipinski definition) is 2. The average Bonchev–Trinajstić information content (AvgIpc) is 2.41. The van der Waals surface area contributed by atoms with Crippen LogP contribution >= 0.6 is 0 Å². The maximum absolute atomic E-state index is 10.7. The van der Waals surface area contributed by atoms with Crippen LogP contribution in [0.5, 0.6) is 0 Å². The first kappa shape index (κ1) is 7.10. The van der Waals surface area contributed by atoms with Gasteiger partial charge in [-0.1, -0.05) is 6.42 Å². The van der Waals surface area contributed by atoms with Crippen molar-refractivity contribution >= 4 is 5.97 Å². The van der Waals surface area contributed by atoms with Crippen LogP contribution in [-0.4, -0.2) is 23.7 Å². The summed E-state index contributed by atoms with van der Waals surface area (Å²) >= 11 is 0. The fourth-order valence-corrected chi connectivity index (χ4v) is 2.46. The van der Waals surface area contributed by atoms with E-state index in [1.807, 2.05) is 0 Å². The molecule has 0 bridgehead atoms. The quantitative estimate of drug-likeness (QED) is 0.578. The molecule has 0 spiro atoms. The zero-order valence-corrected chi connectivity index (χ0v) is 6.42. The maximum Gasteiger partial charge on any atom is 0.320 e. The summed E-state index contributed by atoms with van der Waals surface area (Å²) in [4.78, 5) is 10.7. The van der Waals surface area contributed by atoms with Crippen molar-refractivity contribution < 1.29 is 9.90 Å². The summed E-state index contributed by atoms with van der Waals surface area (Å²) in [7, 11) is 0. The molecular weight excluding hydrogens is 142 g/mol. The lowest BCUT2D eigenvalue weighted by molar-refractivity contribution is -0.140. The molecule has 1 saturated carbocycles. The van der Waals surface area contributed by atoms with Crippen molar-refractivity contribution in [3.05, 3.63) is 0 Å². The third-order valence-electron chi connectivity index (χ3n) is 3.01. The Morgan fingerprint density at radius 3 is 3.00 bits per heavy atom. The highest BCUT2D eigenvalue weighted by atomic mass is 16.4. The molecule has 0 amide bonds. The van der Waals surface area contributed by atoms with Gasteiger partial charge in [-0.05, 0) is 31.2 Å². The topological polar surface area (TPSA) is 49.3 Å². The molecule has 3 heteroatoms. The second-order valence-electron chi connectivity index (χ2n) is 3.58. The third kappa shape index (κ3) is 1.03. The van der Waals surface area contributed by atoms with E-state index in [1.165, 1.54) is 12.8 Å². The largest absolute Gasteiger partial charge is 0.480 e. The van der Waals surface area contributed by atoms with E-state index >= 15 is 0 Å². The van der Waals surface area contributed by atoms with Crippen molar-refractivity contribution in [2.75, 3.05) is 6.54 Å². The van der Waals surface area contributed by atoms with E-state index in [9.17, 15) is 4.79 Å². The molecule has 2 fully saturated rings. The molecule has 2 N–H and O–H groups in total. The Hall–Kier alpha value is -0.570. The number of rotatable bonds is 1. The third-order valence-corrected chi connectivity index (χ3v) is 3.01. The first-order valence-electron chi connectivity index (χ1n) is 4.25. The van der Waals surface area contributed by atoms with Crippen LogP contribution < -0.4 is 5.32 Å². The van der Waals surface area contributed by atoms with Gasteiger partial charge in [-0.15, -0.1) is 0 Å². The summed E-state index contributed by atoms with van der Waals surface area (Å²) in [6.07, 6.45) is 3.55. The number of carboxylic acid groups (broad SMARTS) is 1. The first-order chi connectivity index (χ1) is 5.29. The van der Waals surface area contributed by atoms with Gasteiger partial charge in [-0.2, -0.15) is 0 Å². The van der Waals surface area contributed by atoms with Gasteiger partial charge in [0.2, 0.25) is 0 Å². The second kappa shape index (κ2) is 2.48. The van der Waals surface area contributed by atoms with Crippen LogP contribution in [0.4, 0.5) is 0 Å². The van der Waals surface area contributed by atoms with Crippen LogP contribution in [0.2, 0.25) is 0 Å². The standard InChI is InChI=1S/C8H13NO2/c10-8(11)7-6-3-1-2-5(6)4-9-7/h5-7,9H,1-4H2,(H,10,11)/t5?,6-,7-/m0/s1. The van der Waals surface area contributed by atoms with E-state index in [4.69, 9.17) is 5.11 Å². The van der Waals surface area contributed by atoms with E-state index in [0.29, 0.717) is 11.8 Å². The molecule has 0 aromatic heterocycles. The van der Waals surface area contributed by atoms with Crippen LogP contribution in [0.1, 0.15) is 19.3 Å². The summed E-state index contributed by atoms with van der Waals surface area (Å²) < 4.78 is 0. The number of aliphatic carboxylic acids is 1. The molecule has 2 aliphatic rings. The lowest BCUT2D eigenvalue weighted by atomic mass is 9.94. The Morgan fingerprint density at radius 1 is 1.45 bits per heavy atom. The lowest BCUT2D eigenvalue weighted by Gasteiger charge is -2.12. The molecule has 62 valence electrons. The number of fused-ring (bicyclic) bond motifs is 1. The van der Waals surface area contributed by atoms with Crippen molar-refractivity contribution in [1.82, 2.24) is 5.32 Å². The fraction of sp³-hybridized carbons (Fsp3) is 0.875. The Balaban J connectivity index is 2.08. The molecule has 0 aromatic rings. The molecule has 1 aliphatic carbocycles. The Kier molecular flexibility index (Phi) is 1.60. The van der Waals surface area contributed by atoms with Gasteiger partial charge in [0.05, 0.1) is 0 Å². The van der Waals surface area contributed by atoms with Gasteiger partial charge in [0.25, 0.3) is 0 Å². The van der Waals surface area contributed by atoms with Crippen LogP contribution in [0, 0.1) is 11.8 Å². The van der Waals surface area contributed by atoms with Gasteiger partial charge in [-0.3, -0.25) is 4.79 Å². The molecule has 1 aliphatic heterocycles. The van der Waals surface area contributed by atoms with Gasteiger partial charge in [0, 0.05) is 0 Å².